The molecule has 0 aliphatic carbocycles. The Morgan fingerprint density at radius 3 is 2.62 bits per heavy atom. The van der Waals surface area contributed by atoms with Crippen LogP contribution in [0.2, 0.25) is 5.02 Å². The van der Waals surface area contributed by atoms with Gasteiger partial charge >= 0.3 is 5.69 Å². The molecule has 3 aromatic rings. The lowest BCUT2D eigenvalue weighted by Gasteiger charge is -2.17. The van der Waals surface area contributed by atoms with Crippen molar-refractivity contribution < 1.29 is 9.90 Å². The maximum Gasteiger partial charge on any atom is 0.326 e. The highest BCUT2D eigenvalue weighted by molar-refractivity contribution is 6.30. The molecule has 3 rings (SSSR count). The Bertz CT molecular complexity index is 915. The van der Waals surface area contributed by atoms with Crippen LogP contribution >= 0.6 is 11.6 Å². The van der Waals surface area contributed by atoms with Gasteiger partial charge in [-0.05, 0) is 29.8 Å². The Hall–Kier alpha value is -2.57. The fraction of sp³-hybridized carbons (Fsp3) is 0.176. The van der Waals surface area contributed by atoms with Crippen LogP contribution in [0.4, 0.5) is 0 Å². The predicted octanol–water partition coefficient (Wildman–Crippen LogP) is 1.83. The topological polar surface area (TPSA) is 87.1 Å². The Kier molecular flexibility index (Phi) is 4.69. The number of carbonyl (C=O) groups excluding carboxylic acids is 1. The summed E-state index contributed by atoms with van der Waals surface area (Å²) >= 11 is 5.84. The molecule has 24 heavy (non-hydrogen) atoms. The highest BCUT2D eigenvalue weighted by atomic mass is 35.5. The van der Waals surface area contributed by atoms with Crippen molar-refractivity contribution in [2.45, 2.75) is 12.6 Å². The quantitative estimate of drug-likeness (QED) is 0.659. The highest BCUT2D eigenvalue weighted by Gasteiger charge is 2.16. The van der Waals surface area contributed by atoms with Crippen molar-refractivity contribution in [3.05, 3.63) is 69.6 Å². The molecule has 3 N–H and O–H groups in total. The summed E-state index contributed by atoms with van der Waals surface area (Å²) in [5.41, 5.74) is 1.72. The number of nitrogens with one attached hydrogen (secondary N) is 2. The molecule has 2 aromatic carbocycles. The lowest BCUT2D eigenvalue weighted by atomic mass is 10.1. The largest absolute Gasteiger partial charge is 0.394 e. The molecule has 0 spiro atoms. The summed E-state index contributed by atoms with van der Waals surface area (Å²) in [6.07, 6.45) is 0. The zero-order valence-corrected chi connectivity index (χ0v) is 13.5. The molecule has 0 radical (unpaired) electrons. The number of aromatic amines is 1. The van der Waals surface area contributed by atoms with Crippen LogP contribution in [0.3, 0.4) is 0 Å². The number of hydrogen-bond acceptors (Lipinski definition) is 3. The number of nitrogens with zero attached hydrogens (tertiary/aromatic N) is 1. The van der Waals surface area contributed by atoms with Crippen LogP contribution < -0.4 is 11.0 Å². The minimum atomic E-state index is -0.560. The van der Waals surface area contributed by atoms with Crippen LogP contribution in [0.15, 0.2) is 53.3 Å². The fourth-order valence-corrected chi connectivity index (χ4v) is 2.70. The van der Waals surface area contributed by atoms with Gasteiger partial charge in [-0.2, -0.15) is 0 Å². The summed E-state index contributed by atoms with van der Waals surface area (Å²) in [6.45, 7) is -0.386. The van der Waals surface area contributed by atoms with E-state index in [-0.39, 0.29) is 24.7 Å². The average molecular weight is 346 g/mol. The molecule has 0 saturated heterocycles. The van der Waals surface area contributed by atoms with Gasteiger partial charge in [0.2, 0.25) is 5.91 Å². The second-order valence-electron chi connectivity index (χ2n) is 5.39. The Morgan fingerprint density at radius 1 is 1.21 bits per heavy atom. The molecule has 0 aliphatic rings. The van der Waals surface area contributed by atoms with Crippen molar-refractivity contribution in [3.63, 3.8) is 0 Å². The Morgan fingerprint density at radius 2 is 1.92 bits per heavy atom. The van der Waals surface area contributed by atoms with E-state index in [1.807, 2.05) is 6.07 Å². The number of aliphatic hydroxyl groups is 1. The number of imidazole rings is 1. The lowest BCUT2D eigenvalue weighted by molar-refractivity contribution is -0.122. The van der Waals surface area contributed by atoms with E-state index in [1.165, 1.54) is 4.57 Å². The third-order valence-electron chi connectivity index (χ3n) is 3.77. The number of hydrogen-bond donors (Lipinski definition) is 3. The van der Waals surface area contributed by atoms with Crippen molar-refractivity contribution in [1.82, 2.24) is 14.9 Å². The summed E-state index contributed by atoms with van der Waals surface area (Å²) < 4.78 is 1.36. The van der Waals surface area contributed by atoms with Crippen molar-refractivity contribution in [3.8, 4) is 0 Å². The second kappa shape index (κ2) is 6.90. The molecule has 1 heterocycles. The SMILES string of the molecule is O=C(Cn1c(=O)[nH]c2ccccc21)NC(CO)c1ccc(Cl)cc1. The number of aliphatic hydroxyl groups excluding tert-OH is 1. The Balaban J connectivity index is 1.77. The Labute approximate surface area is 142 Å². The predicted molar refractivity (Wildman–Crippen MR) is 92.0 cm³/mol. The van der Waals surface area contributed by atoms with Gasteiger partial charge in [-0.3, -0.25) is 9.36 Å². The van der Waals surface area contributed by atoms with Crippen molar-refractivity contribution in [1.29, 1.82) is 0 Å². The number of halogens is 1. The molecular weight excluding hydrogens is 330 g/mol. The lowest BCUT2D eigenvalue weighted by Crippen LogP contribution is -2.35. The molecule has 124 valence electrons. The van der Waals surface area contributed by atoms with E-state index in [2.05, 4.69) is 10.3 Å². The maximum absolute atomic E-state index is 12.3. The van der Waals surface area contributed by atoms with Gasteiger partial charge in [0.05, 0.1) is 23.7 Å². The number of rotatable bonds is 5. The van der Waals surface area contributed by atoms with Crippen LogP contribution in [0.5, 0.6) is 0 Å². The molecular formula is C17H16ClN3O3. The number of fused-ring (bicyclic) bond motifs is 1. The molecule has 1 amide bonds. The summed E-state index contributed by atoms with van der Waals surface area (Å²) in [5, 5.41) is 12.8. The molecule has 0 bridgehead atoms. The number of benzene rings is 2. The monoisotopic (exact) mass is 345 g/mol. The van der Waals surface area contributed by atoms with Crippen LogP contribution in [-0.2, 0) is 11.3 Å². The number of aromatic nitrogens is 2. The minimum absolute atomic E-state index is 0.132. The average Bonchev–Trinajstić information content (AvgIpc) is 2.89. The molecule has 0 fully saturated rings. The van der Waals surface area contributed by atoms with Gasteiger partial charge in [-0.1, -0.05) is 35.9 Å². The normalized spacial score (nSPS) is 12.2. The van der Waals surface area contributed by atoms with Crippen LogP contribution in [0.25, 0.3) is 11.0 Å². The first-order valence-electron chi connectivity index (χ1n) is 7.41. The van der Waals surface area contributed by atoms with Crippen LogP contribution in [0, 0.1) is 0 Å². The summed E-state index contributed by atoms with van der Waals surface area (Å²) in [5.74, 6) is -0.365. The summed E-state index contributed by atoms with van der Waals surface area (Å²) in [4.78, 5) is 27.0. The minimum Gasteiger partial charge on any atom is -0.394 e. The zero-order chi connectivity index (χ0) is 17.1. The van der Waals surface area contributed by atoms with Gasteiger partial charge in [-0.25, -0.2) is 4.79 Å². The van der Waals surface area contributed by atoms with Crippen LogP contribution in [-0.4, -0.2) is 27.2 Å². The van der Waals surface area contributed by atoms with E-state index in [4.69, 9.17) is 11.6 Å². The van der Waals surface area contributed by atoms with Gasteiger partial charge in [0.1, 0.15) is 6.54 Å². The van der Waals surface area contributed by atoms with Crippen molar-refractivity contribution in [2.75, 3.05) is 6.61 Å². The number of carbonyl (C=O) groups is 1. The molecule has 1 aromatic heterocycles. The fourth-order valence-electron chi connectivity index (χ4n) is 2.58. The van der Waals surface area contributed by atoms with Gasteiger partial charge < -0.3 is 15.4 Å². The molecule has 0 saturated carbocycles. The van der Waals surface area contributed by atoms with Crippen LogP contribution in [0.1, 0.15) is 11.6 Å². The van der Waals surface area contributed by atoms with Gasteiger partial charge in [0, 0.05) is 5.02 Å². The van der Waals surface area contributed by atoms with Gasteiger partial charge in [-0.15, -0.1) is 0 Å². The summed E-state index contributed by atoms with van der Waals surface area (Å²) in [6, 6.07) is 13.4. The molecule has 7 heteroatoms. The smallest absolute Gasteiger partial charge is 0.326 e. The number of para-hydroxylation sites is 2. The first-order valence-corrected chi connectivity index (χ1v) is 7.79. The third-order valence-corrected chi connectivity index (χ3v) is 4.03. The molecule has 1 unspecified atom stereocenters. The standard InChI is InChI=1S/C17H16ClN3O3/c18-12-7-5-11(6-8-12)14(10-22)19-16(23)9-21-15-4-2-1-3-13(15)20-17(21)24/h1-8,14,22H,9-10H2,(H,19,23)(H,20,24). The molecule has 0 aliphatic heterocycles. The summed E-state index contributed by atoms with van der Waals surface area (Å²) in [7, 11) is 0. The highest BCUT2D eigenvalue weighted by Crippen LogP contribution is 2.16. The van der Waals surface area contributed by atoms with E-state index in [0.717, 1.165) is 5.56 Å². The van der Waals surface area contributed by atoms with E-state index < -0.39 is 6.04 Å². The maximum atomic E-state index is 12.3. The third kappa shape index (κ3) is 3.34. The first kappa shape index (κ1) is 16.3. The van der Waals surface area contributed by atoms with Crippen molar-refractivity contribution in [2.24, 2.45) is 0 Å². The first-order chi connectivity index (χ1) is 11.6. The molecule has 1 atom stereocenters. The van der Waals surface area contributed by atoms with E-state index in [9.17, 15) is 14.7 Å². The second-order valence-corrected chi connectivity index (χ2v) is 5.82. The van der Waals surface area contributed by atoms with E-state index in [1.54, 1.807) is 42.5 Å². The number of amides is 1. The van der Waals surface area contributed by atoms with Gasteiger partial charge in [0.15, 0.2) is 0 Å². The zero-order valence-electron chi connectivity index (χ0n) is 12.7. The van der Waals surface area contributed by atoms with Gasteiger partial charge in [0.25, 0.3) is 0 Å². The number of H-pyrrole nitrogens is 1. The van der Waals surface area contributed by atoms with E-state index in [0.29, 0.717) is 16.1 Å². The van der Waals surface area contributed by atoms with E-state index >= 15 is 0 Å². The van der Waals surface area contributed by atoms with Crippen molar-refractivity contribution >= 4 is 28.5 Å². The molecule has 6 nitrogen and oxygen atoms in total.